The van der Waals surface area contributed by atoms with Gasteiger partial charge in [-0.15, -0.1) is 0 Å². The van der Waals surface area contributed by atoms with E-state index in [4.69, 9.17) is 11.5 Å². The van der Waals surface area contributed by atoms with Crippen LogP contribution in [-0.4, -0.2) is 54.0 Å². The van der Waals surface area contributed by atoms with Crippen LogP contribution in [0.4, 0.5) is 0 Å². The summed E-state index contributed by atoms with van der Waals surface area (Å²) in [7, 11) is -1.74. The maximum absolute atomic E-state index is 13.0. The average Bonchev–Trinajstić information content (AvgIpc) is 3.22. The van der Waals surface area contributed by atoms with Gasteiger partial charge in [0.1, 0.15) is 5.41 Å². The van der Waals surface area contributed by atoms with Gasteiger partial charge in [0.15, 0.2) is 5.96 Å². The molecule has 1 aromatic rings. The van der Waals surface area contributed by atoms with Crippen LogP contribution in [0.25, 0.3) is 0 Å². The van der Waals surface area contributed by atoms with Crippen LogP contribution in [0, 0.1) is 5.41 Å². The van der Waals surface area contributed by atoms with Crippen LogP contribution in [0.5, 0.6) is 0 Å². The van der Waals surface area contributed by atoms with E-state index < -0.39 is 24.4 Å². The van der Waals surface area contributed by atoms with Gasteiger partial charge in [-0.2, -0.15) is 0 Å². The fourth-order valence-corrected chi connectivity index (χ4v) is 3.79. The quantitative estimate of drug-likeness (QED) is 0.0931. The zero-order chi connectivity index (χ0) is 22.0. The Labute approximate surface area is 177 Å². The normalized spacial score (nSPS) is 15.8. The summed E-state index contributed by atoms with van der Waals surface area (Å²) in [5.74, 6) is -1.71. The first-order chi connectivity index (χ1) is 14.3. The predicted molar refractivity (Wildman–Crippen MR) is 116 cm³/mol. The third-order valence-electron chi connectivity index (χ3n) is 5.51. The minimum atomic E-state index is -1.74. The van der Waals surface area contributed by atoms with Crippen molar-refractivity contribution in [1.29, 1.82) is 0 Å². The minimum absolute atomic E-state index is 0.0442. The number of benzene rings is 1. The Morgan fingerprint density at radius 2 is 1.80 bits per heavy atom. The zero-order valence-electron chi connectivity index (χ0n) is 17.2. The van der Waals surface area contributed by atoms with E-state index in [1.807, 2.05) is 30.3 Å². The number of nitrogens with zero attached hydrogens (tertiary/aromatic N) is 1. The highest BCUT2D eigenvalue weighted by molar-refractivity contribution is 6.43. The van der Waals surface area contributed by atoms with E-state index >= 15 is 0 Å². The lowest BCUT2D eigenvalue weighted by atomic mass is 9.75. The van der Waals surface area contributed by atoms with Crippen molar-refractivity contribution in [1.82, 2.24) is 10.6 Å². The Bertz CT molecular complexity index is 719. The Morgan fingerprint density at radius 3 is 2.40 bits per heavy atom. The van der Waals surface area contributed by atoms with Gasteiger partial charge >= 0.3 is 7.12 Å². The monoisotopic (exact) mass is 417 g/mol. The number of nitrogens with two attached hydrogens (primary N) is 2. The number of amides is 2. The molecule has 164 valence electrons. The Balaban J connectivity index is 1.95. The SMILES string of the molecule is NC(N)=NCCC[C@@H](NC(=O)C1(C(=O)NCCc2ccccc2)CCCC1)B(O)O. The molecule has 0 spiro atoms. The van der Waals surface area contributed by atoms with Crippen molar-refractivity contribution in [2.45, 2.75) is 50.9 Å². The molecule has 2 amide bonds. The van der Waals surface area contributed by atoms with Crippen LogP contribution in [0.3, 0.4) is 0 Å². The van der Waals surface area contributed by atoms with E-state index in [2.05, 4.69) is 15.6 Å². The topological polar surface area (TPSA) is 163 Å². The van der Waals surface area contributed by atoms with Crippen molar-refractivity contribution < 1.29 is 19.6 Å². The lowest BCUT2D eigenvalue weighted by Crippen LogP contribution is -2.56. The smallest absolute Gasteiger partial charge is 0.426 e. The number of carbonyl (C=O) groups is 2. The second-order valence-corrected chi connectivity index (χ2v) is 7.72. The molecule has 9 nitrogen and oxygen atoms in total. The number of guanidine groups is 1. The highest BCUT2D eigenvalue weighted by Gasteiger charge is 2.48. The molecule has 2 rings (SSSR count). The zero-order valence-corrected chi connectivity index (χ0v) is 17.2. The molecule has 1 fully saturated rings. The fraction of sp³-hybridized carbons (Fsp3) is 0.550. The first kappa shape index (κ1) is 23.7. The first-order valence-electron chi connectivity index (χ1n) is 10.4. The molecule has 8 N–H and O–H groups in total. The van der Waals surface area contributed by atoms with Crippen LogP contribution in [0.15, 0.2) is 35.3 Å². The minimum Gasteiger partial charge on any atom is -0.426 e. The van der Waals surface area contributed by atoms with Crippen LogP contribution in [0.2, 0.25) is 0 Å². The van der Waals surface area contributed by atoms with Crippen molar-refractivity contribution in [3.8, 4) is 0 Å². The molecule has 1 atom stereocenters. The molecule has 1 aliphatic rings. The molecule has 10 heteroatoms. The van der Waals surface area contributed by atoms with Crippen molar-refractivity contribution in [2.75, 3.05) is 13.1 Å². The molecule has 0 heterocycles. The van der Waals surface area contributed by atoms with Gasteiger partial charge in [-0.25, -0.2) is 0 Å². The summed E-state index contributed by atoms with van der Waals surface area (Å²) in [6.07, 6.45) is 3.83. The molecule has 0 aromatic heterocycles. The van der Waals surface area contributed by atoms with Crippen molar-refractivity contribution in [2.24, 2.45) is 21.9 Å². The molecule has 0 radical (unpaired) electrons. The third-order valence-corrected chi connectivity index (χ3v) is 5.51. The highest BCUT2D eigenvalue weighted by Crippen LogP contribution is 2.38. The van der Waals surface area contributed by atoms with Crippen molar-refractivity contribution in [3.05, 3.63) is 35.9 Å². The average molecular weight is 417 g/mol. The third kappa shape index (κ3) is 6.74. The Hall–Kier alpha value is -2.59. The van der Waals surface area contributed by atoms with E-state index in [-0.39, 0.29) is 18.3 Å². The summed E-state index contributed by atoms with van der Waals surface area (Å²) in [4.78, 5) is 29.8. The molecular weight excluding hydrogens is 385 g/mol. The number of nitrogens with one attached hydrogen (secondary N) is 2. The predicted octanol–water partition coefficient (Wildman–Crippen LogP) is -0.544. The van der Waals surface area contributed by atoms with Gasteiger partial charge in [0.2, 0.25) is 11.8 Å². The Kier molecular flexibility index (Phi) is 9.13. The van der Waals surface area contributed by atoms with Gasteiger partial charge in [0.05, 0.1) is 5.94 Å². The van der Waals surface area contributed by atoms with Crippen LogP contribution < -0.4 is 22.1 Å². The van der Waals surface area contributed by atoms with Gasteiger partial charge in [-0.3, -0.25) is 14.6 Å². The molecule has 0 bridgehead atoms. The molecule has 0 unspecified atom stereocenters. The first-order valence-corrected chi connectivity index (χ1v) is 10.4. The Morgan fingerprint density at radius 1 is 1.13 bits per heavy atom. The van der Waals surface area contributed by atoms with Crippen molar-refractivity contribution >= 4 is 24.9 Å². The summed E-state index contributed by atoms with van der Waals surface area (Å²) < 4.78 is 0. The maximum Gasteiger partial charge on any atom is 0.475 e. The van der Waals surface area contributed by atoms with Gasteiger partial charge in [-0.1, -0.05) is 43.2 Å². The van der Waals surface area contributed by atoms with Gasteiger partial charge in [0.25, 0.3) is 0 Å². The lowest BCUT2D eigenvalue weighted by Gasteiger charge is -2.29. The number of rotatable bonds is 11. The number of aliphatic imine (C=N–C) groups is 1. The summed E-state index contributed by atoms with van der Waals surface area (Å²) >= 11 is 0. The van der Waals surface area contributed by atoms with Crippen molar-refractivity contribution in [3.63, 3.8) is 0 Å². The number of hydrogen-bond donors (Lipinski definition) is 6. The van der Waals surface area contributed by atoms with Crippen LogP contribution in [-0.2, 0) is 16.0 Å². The number of carbonyl (C=O) groups excluding carboxylic acids is 2. The van der Waals surface area contributed by atoms with E-state index in [0.29, 0.717) is 38.8 Å². The maximum atomic E-state index is 13.0. The second kappa shape index (κ2) is 11.6. The molecule has 30 heavy (non-hydrogen) atoms. The van der Waals surface area contributed by atoms with E-state index in [1.54, 1.807) is 0 Å². The number of hydrogen-bond acceptors (Lipinski definition) is 5. The van der Waals surface area contributed by atoms with Gasteiger partial charge in [0, 0.05) is 13.1 Å². The van der Waals surface area contributed by atoms with E-state index in [0.717, 1.165) is 18.4 Å². The summed E-state index contributed by atoms with van der Waals surface area (Å²) in [5, 5.41) is 24.9. The standard InChI is InChI=1S/C20H32BN5O4/c22-19(23)25-13-6-9-16(21(29)30)26-18(28)20(11-4-5-12-20)17(27)24-14-10-15-7-2-1-3-8-15/h1-3,7-8,16,29-30H,4-6,9-14H2,(H,24,27)(H,26,28)(H4,22,23,25)/t16-/m1/s1. The molecule has 1 aliphatic carbocycles. The van der Waals surface area contributed by atoms with E-state index in [1.165, 1.54) is 0 Å². The molecule has 0 aliphatic heterocycles. The van der Waals surface area contributed by atoms with Crippen LogP contribution in [0.1, 0.15) is 44.1 Å². The highest BCUT2D eigenvalue weighted by atomic mass is 16.4. The molecule has 1 aromatic carbocycles. The summed E-state index contributed by atoms with van der Waals surface area (Å²) in [6, 6.07) is 9.79. The van der Waals surface area contributed by atoms with E-state index in [9.17, 15) is 19.6 Å². The molecular formula is C20H32BN5O4. The van der Waals surface area contributed by atoms with Crippen LogP contribution >= 0.6 is 0 Å². The summed E-state index contributed by atoms with van der Waals surface area (Å²) in [6.45, 7) is 0.745. The molecule has 1 saturated carbocycles. The fourth-order valence-electron chi connectivity index (χ4n) is 3.79. The molecule has 0 saturated heterocycles. The summed E-state index contributed by atoms with van der Waals surface area (Å²) in [5.41, 5.74) is 10.5. The van der Waals surface area contributed by atoms with Gasteiger partial charge in [-0.05, 0) is 37.7 Å². The lowest BCUT2D eigenvalue weighted by molar-refractivity contribution is -0.143. The van der Waals surface area contributed by atoms with Gasteiger partial charge < -0.3 is 32.1 Å². The second-order valence-electron chi connectivity index (χ2n) is 7.72. The largest absolute Gasteiger partial charge is 0.475 e.